The first-order chi connectivity index (χ1) is 18.3. The van der Waals surface area contributed by atoms with Crippen molar-refractivity contribution < 1.29 is 53.5 Å². The molecule has 1 heterocycles. The first kappa shape index (κ1) is 31.1. The predicted octanol–water partition coefficient (Wildman–Crippen LogP) is 7.52. The van der Waals surface area contributed by atoms with Gasteiger partial charge < -0.3 is 10.2 Å². The summed E-state index contributed by atoms with van der Waals surface area (Å²) in [6.07, 6.45) is -16.2. The van der Waals surface area contributed by atoms with Gasteiger partial charge in [0.2, 0.25) is 0 Å². The van der Waals surface area contributed by atoms with E-state index in [0.29, 0.717) is 0 Å². The van der Waals surface area contributed by atoms with Crippen LogP contribution in [0.3, 0.4) is 0 Å². The molecular formula is C24H14F10IN3O2. The lowest BCUT2D eigenvalue weighted by molar-refractivity contribution is -0.348. The van der Waals surface area contributed by atoms with Crippen molar-refractivity contribution >= 4 is 45.8 Å². The second-order valence-electron chi connectivity index (χ2n) is 8.14. The fourth-order valence-corrected chi connectivity index (χ4v) is 4.25. The van der Waals surface area contributed by atoms with Crippen LogP contribution < -0.4 is 10.2 Å². The van der Waals surface area contributed by atoms with Crippen LogP contribution in [0.4, 0.5) is 55.3 Å². The second kappa shape index (κ2) is 10.9. The average Bonchev–Trinajstić information content (AvgIpc) is 2.86. The smallest absolute Gasteiger partial charge is 0.320 e. The Morgan fingerprint density at radius 3 is 1.98 bits per heavy atom. The van der Waals surface area contributed by atoms with E-state index in [2.05, 4.69) is 4.98 Å². The highest BCUT2D eigenvalue weighted by Gasteiger charge is 2.73. The van der Waals surface area contributed by atoms with Crippen molar-refractivity contribution in [3.8, 4) is 0 Å². The molecule has 214 valence electrons. The number of hydrogen-bond acceptors (Lipinski definition) is 3. The van der Waals surface area contributed by atoms with Gasteiger partial charge in [-0.3, -0.25) is 14.6 Å². The molecule has 0 spiro atoms. The number of anilines is 2. The fraction of sp³-hybridized carbons (Fsp3) is 0.208. The second-order valence-corrected chi connectivity index (χ2v) is 9.30. The van der Waals surface area contributed by atoms with Crippen LogP contribution in [0, 0.1) is 3.57 Å². The van der Waals surface area contributed by atoms with Crippen LogP contribution in [0.25, 0.3) is 0 Å². The van der Waals surface area contributed by atoms with E-state index < -0.39 is 62.5 Å². The molecule has 0 saturated carbocycles. The third kappa shape index (κ3) is 6.00. The molecule has 0 fully saturated rings. The third-order valence-electron chi connectivity index (χ3n) is 5.52. The molecule has 0 aliphatic carbocycles. The van der Waals surface area contributed by atoms with Crippen LogP contribution in [-0.4, -0.2) is 36.2 Å². The zero-order chi connectivity index (χ0) is 30.3. The van der Waals surface area contributed by atoms with E-state index in [-0.39, 0.29) is 22.9 Å². The number of nitrogens with zero attached hydrogens (tertiary/aromatic N) is 2. The number of aromatic nitrogens is 1. The van der Waals surface area contributed by atoms with E-state index in [1.54, 1.807) is 0 Å². The largest absolute Gasteiger partial charge is 0.435 e. The van der Waals surface area contributed by atoms with Gasteiger partial charge in [-0.05, 0) is 65.1 Å². The maximum Gasteiger partial charge on any atom is 0.435 e. The van der Waals surface area contributed by atoms with Crippen LogP contribution in [0.2, 0.25) is 0 Å². The summed E-state index contributed by atoms with van der Waals surface area (Å²) in [5.41, 5.74) is -11.9. The van der Waals surface area contributed by atoms with E-state index >= 15 is 0 Å². The Labute approximate surface area is 232 Å². The summed E-state index contributed by atoms with van der Waals surface area (Å²) < 4.78 is 134. The number of halogens is 11. The molecule has 1 aromatic heterocycles. The quantitative estimate of drug-likeness (QED) is 0.222. The van der Waals surface area contributed by atoms with Crippen LogP contribution in [0.15, 0.2) is 60.9 Å². The SMILES string of the molecule is CN(C(=O)c1cccnc1)c1cccc(C(=O)Nc2c(I)cc(C(F)(C(F)(F)F)C(F)(F)F)cc2C(F)(F)F)c1. The minimum Gasteiger partial charge on any atom is -0.320 e. The predicted molar refractivity (Wildman–Crippen MR) is 130 cm³/mol. The van der Waals surface area contributed by atoms with Crippen LogP contribution >= 0.6 is 22.6 Å². The molecule has 5 nitrogen and oxygen atoms in total. The number of alkyl halides is 10. The minimum absolute atomic E-state index is 0.0802. The number of carbonyl (C=O) groups is 2. The van der Waals surface area contributed by atoms with Gasteiger partial charge in [0.05, 0.1) is 16.8 Å². The molecule has 1 N–H and O–H groups in total. The zero-order valence-corrected chi connectivity index (χ0v) is 21.8. The molecule has 3 rings (SSSR count). The maximum atomic E-state index is 14.5. The topological polar surface area (TPSA) is 62.3 Å². The van der Waals surface area contributed by atoms with E-state index in [9.17, 15) is 53.5 Å². The molecular weight excluding hydrogens is 679 g/mol. The third-order valence-corrected chi connectivity index (χ3v) is 6.37. The van der Waals surface area contributed by atoms with Gasteiger partial charge in [-0.15, -0.1) is 0 Å². The highest BCUT2D eigenvalue weighted by molar-refractivity contribution is 14.1. The Bertz CT molecular complexity index is 1410. The molecule has 0 atom stereocenters. The van der Waals surface area contributed by atoms with Gasteiger partial charge in [0.25, 0.3) is 11.8 Å². The van der Waals surface area contributed by atoms with Gasteiger partial charge in [0.15, 0.2) is 0 Å². The van der Waals surface area contributed by atoms with E-state index in [4.69, 9.17) is 0 Å². The van der Waals surface area contributed by atoms with Gasteiger partial charge in [-0.2, -0.15) is 39.5 Å². The molecule has 2 amide bonds. The summed E-state index contributed by atoms with van der Waals surface area (Å²) in [4.78, 5) is 30.4. The van der Waals surface area contributed by atoms with E-state index in [1.807, 2.05) is 5.32 Å². The first-order valence-electron chi connectivity index (χ1n) is 10.6. The van der Waals surface area contributed by atoms with E-state index in [0.717, 1.165) is 39.6 Å². The van der Waals surface area contributed by atoms with Crippen molar-refractivity contribution in [2.75, 3.05) is 17.3 Å². The van der Waals surface area contributed by atoms with Gasteiger partial charge in [0.1, 0.15) is 0 Å². The van der Waals surface area contributed by atoms with Crippen molar-refractivity contribution in [3.63, 3.8) is 0 Å². The van der Waals surface area contributed by atoms with Crippen molar-refractivity contribution in [1.29, 1.82) is 0 Å². The van der Waals surface area contributed by atoms with Crippen LogP contribution in [0.1, 0.15) is 31.8 Å². The number of benzene rings is 2. The summed E-state index contributed by atoms with van der Waals surface area (Å²) in [7, 11) is 1.33. The number of carbonyl (C=O) groups excluding carboxylic acids is 2. The number of pyridine rings is 1. The summed E-state index contributed by atoms with van der Waals surface area (Å²) in [5.74, 6) is -1.81. The standard InChI is InChI=1S/C24H14F10IN3O2/c1-38(20(40)13-5-3-7-36-11-13)15-6-2-4-12(8-15)19(39)37-18-16(22(26,27)28)9-14(10-17(18)35)21(25,23(29,30)31)24(32,33)34/h2-11H,1H3,(H,37,39). The Kier molecular flexibility index (Phi) is 8.44. The summed E-state index contributed by atoms with van der Waals surface area (Å²) >= 11 is 0.958. The molecule has 2 aromatic carbocycles. The zero-order valence-electron chi connectivity index (χ0n) is 19.6. The Balaban J connectivity index is 2.03. The number of rotatable bonds is 5. The van der Waals surface area contributed by atoms with Crippen molar-refractivity contribution in [2.24, 2.45) is 0 Å². The lowest BCUT2D eigenvalue weighted by atomic mass is 9.92. The first-order valence-corrected chi connectivity index (χ1v) is 11.7. The summed E-state index contributed by atoms with van der Waals surface area (Å²) in [5, 5.41) is 1.82. The number of hydrogen-bond donors (Lipinski definition) is 1. The van der Waals surface area contributed by atoms with Crippen LogP contribution in [0.5, 0.6) is 0 Å². The lowest BCUT2D eigenvalue weighted by Crippen LogP contribution is -2.50. The van der Waals surface area contributed by atoms with Crippen molar-refractivity contribution in [1.82, 2.24) is 4.98 Å². The normalized spacial score (nSPS) is 12.7. The molecule has 40 heavy (non-hydrogen) atoms. The number of amides is 2. The van der Waals surface area contributed by atoms with Gasteiger partial charge in [-0.1, -0.05) is 6.07 Å². The highest BCUT2D eigenvalue weighted by Crippen LogP contribution is 2.54. The Hall–Kier alpha value is -3.44. The van der Waals surface area contributed by atoms with Gasteiger partial charge in [0, 0.05) is 39.8 Å². The van der Waals surface area contributed by atoms with Gasteiger partial charge in [-0.25, -0.2) is 4.39 Å². The Morgan fingerprint density at radius 2 is 1.45 bits per heavy atom. The molecule has 0 saturated heterocycles. The van der Waals surface area contributed by atoms with Crippen LogP contribution in [-0.2, 0) is 11.8 Å². The molecule has 0 bridgehead atoms. The fourth-order valence-electron chi connectivity index (χ4n) is 3.49. The average molecular weight is 693 g/mol. The Morgan fingerprint density at radius 1 is 0.850 bits per heavy atom. The highest BCUT2D eigenvalue weighted by atomic mass is 127. The monoisotopic (exact) mass is 693 g/mol. The molecule has 3 aromatic rings. The summed E-state index contributed by atoms with van der Waals surface area (Å²) in [6.45, 7) is 0. The minimum atomic E-state index is -6.65. The van der Waals surface area contributed by atoms with Crippen molar-refractivity contribution in [3.05, 3.63) is 86.7 Å². The van der Waals surface area contributed by atoms with Gasteiger partial charge >= 0.3 is 24.2 Å². The molecule has 0 radical (unpaired) electrons. The van der Waals surface area contributed by atoms with Crippen molar-refractivity contribution in [2.45, 2.75) is 24.2 Å². The maximum absolute atomic E-state index is 14.5. The number of nitrogens with one attached hydrogen (secondary N) is 1. The molecule has 0 aliphatic heterocycles. The van der Waals surface area contributed by atoms with E-state index in [1.165, 1.54) is 43.7 Å². The lowest BCUT2D eigenvalue weighted by Gasteiger charge is -2.31. The molecule has 0 aliphatic rings. The summed E-state index contributed by atoms with van der Waals surface area (Å²) in [6, 6.07) is 7.13. The molecule has 16 heteroatoms. The molecule has 0 unspecified atom stereocenters.